The van der Waals surface area contributed by atoms with Crippen LogP contribution in [0.2, 0.25) is 0 Å². The Hall–Kier alpha value is -3.85. The molecule has 208 valence electrons. The third-order valence-electron chi connectivity index (χ3n) is 6.44. The summed E-state index contributed by atoms with van der Waals surface area (Å²) in [6.45, 7) is 5.71. The fourth-order valence-electron chi connectivity index (χ4n) is 4.15. The highest BCUT2D eigenvalue weighted by atomic mass is 32.2. The van der Waals surface area contributed by atoms with Crippen molar-refractivity contribution in [1.82, 2.24) is 10.2 Å². The molecule has 3 rings (SSSR count). The summed E-state index contributed by atoms with van der Waals surface area (Å²) in [7, 11) is -2.71. The molecule has 0 aliphatic heterocycles. The molecule has 0 saturated carbocycles. The molecular weight excluding hydrogens is 514 g/mol. The molecule has 8 nitrogen and oxygen atoms in total. The Kier molecular flexibility index (Phi) is 10.5. The van der Waals surface area contributed by atoms with Gasteiger partial charge < -0.3 is 15.0 Å². The Morgan fingerprint density at radius 2 is 1.59 bits per heavy atom. The first-order valence-electron chi connectivity index (χ1n) is 13.0. The van der Waals surface area contributed by atoms with Gasteiger partial charge in [0, 0.05) is 13.1 Å². The molecule has 0 aromatic heterocycles. The first kappa shape index (κ1) is 29.7. The number of sulfonamides is 1. The first-order valence-corrected chi connectivity index (χ1v) is 14.5. The molecule has 1 atom stereocenters. The summed E-state index contributed by atoms with van der Waals surface area (Å²) < 4.78 is 34.3. The van der Waals surface area contributed by atoms with Crippen LogP contribution in [-0.4, -0.2) is 57.9 Å². The number of hydrogen-bond donors (Lipinski definition) is 1. The van der Waals surface area contributed by atoms with Gasteiger partial charge in [-0.2, -0.15) is 0 Å². The van der Waals surface area contributed by atoms with Crippen LogP contribution in [0.5, 0.6) is 5.75 Å². The third-order valence-corrected chi connectivity index (χ3v) is 8.22. The van der Waals surface area contributed by atoms with Gasteiger partial charge in [-0.25, -0.2) is 8.42 Å². The third kappa shape index (κ3) is 7.60. The number of carbonyl (C=O) groups is 2. The van der Waals surface area contributed by atoms with Crippen LogP contribution < -0.4 is 14.4 Å². The van der Waals surface area contributed by atoms with Crippen molar-refractivity contribution in [2.75, 3.05) is 31.0 Å². The van der Waals surface area contributed by atoms with Crippen LogP contribution in [-0.2, 0) is 26.0 Å². The molecule has 0 unspecified atom stereocenters. The lowest BCUT2D eigenvalue weighted by Gasteiger charge is -2.32. The maximum atomic E-state index is 13.9. The smallest absolute Gasteiger partial charge is 0.264 e. The fraction of sp³-hybridized carbons (Fsp3) is 0.333. The van der Waals surface area contributed by atoms with Crippen LogP contribution in [0.25, 0.3) is 0 Å². The lowest BCUT2D eigenvalue weighted by atomic mass is 10.1. The SMILES string of the molecule is CCCNC(=O)[C@@H](C)N(CCc1ccccc1)C(=O)CN(c1ccccc1OC)S(=O)(=O)c1ccc(C)cc1. The van der Waals surface area contributed by atoms with E-state index in [1.807, 2.05) is 44.2 Å². The zero-order chi connectivity index (χ0) is 28.4. The number of aryl methyl sites for hydroxylation is 1. The Morgan fingerprint density at radius 3 is 2.23 bits per heavy atom. The average molecular weight is 552 g/mol. The maximum Gasteiger partial charge on any atom is 0.264 e. The summed E-state index contributed by atoms with van der Waals surface area (Å²) in [5.41, 5.74) is 2.15. The summed E-state index contributed by atoms with van der Waals surface area (Å²) in [5, 5.41) is 2.85. The van der Waals surface area contributed by atoms with Gasteiger partial charge in [0.15, 0.2) is 0 Å². The van der Waals surface area contributed by atoms with Crippen molar-refractivity contribution in [3.8, 4) is 5.75 Å². The average Bonchev–Trinajstić information content (AvgIpc) is 2.95. The number of hydrogen-bond acceptors (Lipinski definition) is 5. The number of methoxy groups -OCH3 is 1. The van der Waals surface area contributed by atoms with E-state index in [1.54, 1.807) is 43.3 Å². The van der Waals surface area contributed by atoms with E-state index in [2.05, 4.69) is 5.32 Å². The van der Waals surface area contributed by atoms with E-state index in [9.17, 15) is 18.0 Å². The predicted molar refractivity (Wildman–Crippen MR) is 153 cm³/mol. The molecule has 0 saturated heterocycles. The Balaban J connectivity index is 2.00. The van der Waals surface area contributed by atoms with E-state index in [0.29, 0.717) is 18.7 Å². The summed E-state index contributed by atoms with van der Waals surface area (Å²) in [6, 6.07) is 22.0. The number of nitrogens with zero attached hydrogens (tertiary/aromatic N) is 2. The van der Waals surface area contributed by atoms with Crippen LogP contribution >= 0.6 is 0 Å². The van der Waals surface area contributed by atoms with E-state index < -0.39 is 28.5 Å². The zero-order valence-electron chi connectivity index (χ0n) is 23.0. The predicted octanol–water partition coefficient (Wildman–Crippen LogP) is 4.18. The summed E-state index contributed by atoms with van der Waals surface area (Å²) in [6.07, 6.45) is 1.27. The van der Waals surface area contributed by atoms with Crippen molar-refractivity contribution in [1.29, 1.82) is 0 Å². The molecule has 0 aliphatic carbocycles. The number of anilines is 1. The summed E-state index contributed by atoms with van der Waals surface area (Å²) in [4.78, 5) is 28.3. The molecule has 3 aromatic carbocycles. The van der Waals surface area contributed by atoms with Gasteiger partial charge in [-0.05, 0) is 56.5 Å². The second-order valence-corrected chi connectivity index (χ2v) is 11.1. The Labute approximate surface area is 231 Å². The van der Waals surface area contributed by atoms with Crippen LogP contribution in [0.3, 0.4) is 0 Å². The highest BCUT2D eigenvalue weighted by Gasteiger charge is 2.33. The standard InChI is InChI=1S/C30H37N3O5S/c1-5-20-31-30(35)24(3)32(21-19-25-11-7-6-8-12-25)29(34)22-33(27-13-9-10-14-28(27)38-4)39(36,37)26-17-15-23(2)16-18-26/h6-18,24H,5,19-22H2,1-4H3,(H,31,35)/t24-/m1/s1. The van der Waals surface area contributed by atoms with E-state index in [-0.39, 0.29) is 23.0 Å². The minimum atomic E-state index is -4.15. The molecule has 0 bridgehead atoms. The lowest BCUT2D eigenvalue weighted by Crippen LogP contribution is -2.52. The number of benzene rings is 3. The molecule has 2 amide bonds. The van der Waals surface area contributed by atoms with Crippen molar-refractivity contribution in [3.63, 3.8) is 0 Å². The Bertz CT molecular complexity index is 1340. The summed E-state index contributed by atoms with van der Waals surface area (Å²) in [5.74, 6) is -0.472. The largest absolute Gasteiger partial charge is 0.495 e. The highest BCUT2D eigenvalue weighted by Crippen LogP contribution is 2.32. The minimum Gasteiger partial charge on any atom is -0.495 e. The van der Waals surface area contributed by atoms with Crippen molar-refractivity contribution in [2.45, 2.75) is 44.6 Å². The monoisotopic (exact) mass is 551 g/mol. The van der Waals surface area contributed by atoms with Gasteiger partial charge in [0.05, 0.1) is 17.7 Å². The van der Waals surface area contributed by atoms with Gasteiger partial charge in [-0.15, -0.1) is 0 Å². The zero-order valence-corrected chi connectivity index (χ0v) is 23.8. The lowest BCUT2D eigenvalue weighted by molar-refractivity contribution is -0.138. The van der Waals surface area contributed by atoms with Gasteiger partial charge in [-0.3, -0.25) is 13.9 Å². The number of ether oxygens (including phenoxy) is 1. The molecule has 0 heterocycles. The second kappa shape index (κ2) is 13.8. The number of amides is 2. The first-order chi connectivity index (χ1) is 18.7. The molecule has 0 spiro atoms. The van der Waals surface area contributed by atoms with Crippen molar-refractivity contribution in [3.05, 3.63) is 90.0 Å². The van der Waals surface area contributed by atoms with Crippen molar-refractivity contribution >= 4 is 27.5 Å². The molecular formula is C30H37N3O5S. The van der Waals surface area contributed by atoms with E-state index >= 15 is 0 Å². The topological polar surface area (TPSA) is 96.0 Å². The molecule has 9 heteroatoms. The van der Waals surface area contributed by atoms with Gasteiger partial charge in [0.2, 0.25) is 11.8 Å². The van der Waals surface area contributed by atoms with Crippen LogP contribution in [0.4, 0.5) is 5.69 Å². The van der Waals surface area contributed by atoms with E-state index in [4.69, 9.17) is 4.74 Å². The molecule has 1 N–H and O–H groups in total. The number of rotatable bonds is 13. The normalized spacial score (nSPS) is 11.9. The number of para-hydroxylation sites is 2. The van der Waals surface area contributed by atoms with Crippen LogP contribution in [0.15, 0.2) is 83.8 Å². The molecule has 39 heavy (non-hydrogen) atoms. The quantitative estimate of drug-likeness (QED) is 0.344. The van der Waals surface area contributed by atoms with E-state index in [0.717, 1.165) is 21.9 Å². The second-order valence-electron chi connectivity index (χ2n) is 9.29. The Morgan fingerprint density at radius 1 is 0.949 bits per heavy atom. The summed E-state index contributed by atoms with van der Waals surface area (Å²) >= 11 is 0. The van der Waals surface area contributed by atoms with Gasteiger partial charge >= 0.3 is 0 Å². The number of carbonyl (C=O) groups excluding carboxylic acids is 2. The van der Waals surface area contributed by atoms with Gasteiger partial charge in [0.25, 0.3) is 10.0 Å². The van der Waals surface area contributed by atoms with Crippen LogP contribution in [0.1, 0.15) is 31.4 Å². The molecule has 0 radical (unpaired) electrons. The minimum absolute atomic E-state index is 0.0522. The highest BCUT2D eigenvalue weighted by molar-refractivity contribution is 7.92. The van der Waals surface area contributed by atoms with E-state index in [1.165, 1.54) is 24.1 Å². The maximum absolute atomic E-state index is 13.9. The van der Waals surface area contributed by atoms with Gasteiger partial charge in [0.1, 0.15) is 18.3 Å². The number of nitrogens with one attached hydrogen (secondary N) is 1. The van der Waals surface area contributed by atoms with Crippen molar-refractivity contribution in [2.24, 2.45) is 0 Å². The van der Waals surface area contributed by atoms with Crippen LogP contribution in [0, 0.1) is 6.92 Å². The van der Waals surface area contributed by atoms with Crippen molar-refractivity contribution < 1.29 is 22.7 Å². The van der Waals surface area contributed by atoms with Gasteiger partial charge in [-0.1, -0.05) is 67.1 Å². The fourth-order valence-corrected chi connectivity index (χ4v) is 5.58. The molecule has 0 aliphatic rings. The molecule has 3 aromatic rings. The molecule has 0 fully saturated rings.